The SMILES string of the molecule is CCC1CCC(CN/C=C/C(=O)O)CC1. The van der Waals surface area contributed by atoms with Gasteiger partial charge in [0, 0.05) is 18.8 Å². The van der Waals surface area contributed by atoms with E-state index in [-0.39, 0.29) is 0 Å². The van der Waals surface area contributed by atoms with Crippen molar-refractivity contribution in [3.05, 3.63) is 12.3 Å². The van der Waals surface area contributed by atoms with Crippen LogP contribution in [0.3, 0.4) is 0 Å². The van der Waals surface area contributed by atoms with E-state index in [9.17, 15) is 4.79 Å². The fraction of sp³-hybridized carbons (Fsp3) is 0.750. The van der Waals surface area contributed by atoms with Crippen LogP contribution in [-0.2, 0) is 4.79 Å². The molecule has 1 saturated carbocycles. The summed E-state index contributed by atoms with van der Waals surface area (Å²) in [5, 5.41) is 11.4. The van der Waals surface area contributed by atoms with Crippen LogP contribution in [0.25, 0.3) is 0 Å². The molecule has 0 aliphatic heterocycles. The summed E-state index contributed by atoms with van der Waals surface area (Å²) in [6, 6.07) is 0. The first kappa shape index (κ1) is 12.1. The molecule has 0 unspecified atom stereocenters. The predicted octanol–water partition coefficient (Wildman–Crippen LogP) is 2.39. The Kier molecular flexibility index (Phi) is 5.22. The van der Waals surface area contributed by atoms with Gasteiger partial charge in [-0.2, -0.15) is 0 Å². The molecule has 1 fully saturated rings. The number of hydrogen-bond donors (Lipinski definition) is 2. The molecule has 0 aromatic carbocycles. The monoisotopic (exact) mass is 211 g/mol. The second-order valence-electron chi connectivity index (χ2n) is 4.37. The Hall–Kier alpha value is -0.990. The molecular formula is C12H21NO2. The maximum Gasteiger partial charge on any atom is 0.329 e. The molecule has 15 heavy (non-hydrogen) atoms. The van der Waals surface area contributed by atoms with E-state index in [0.717, 1.165) is 24.5 Å². The Balaban J connectivity index is 2.11. The van der Waals surface area contributed by atoms with Gasteiger partial charge in [0.25, 0.3) is 0 Å². The molecule has 0 bridgehead atoms. The van der Waals surface area contributed by atoms with Gasteiger partial charge >= 0.3 is 5.97 Å². The first-order valence-electron chi connectivity index (χ1n) is 5.85. The highest BCUT2D eigenvalue weighted by Crippen LogP contribution is 2.29. The minimum absolute atomic E-state index is 0.728. The smallest absolute Gasteiger partial charge is 0.329 e. The van der Waals surface area contributed by atoms with Crippen LogP contribution in [-0.4, -0.2) is 17.6 Å². The van der Waals surface area contributed by atoms with Crippen LogP contribution in [0.5, 0.6) is 0 Å². The van der Waals surface area contributed by atoms with Crippen molar-refractivity contribution in [2.24, 2.45) is 11.8 Å². The largest absolute Gasteiger partial charge is 0.478 e. The molecule has 3 nitrogen and oxygen atoms in total. The highest BCUT2D eigenvalue weighted by molar-refractivity contribution is 5.79. The second-order valence-corrected chi connectivity index (χ2v) is 4.37. The summed E-state index contributed by atoms with van der Waals surface area (Å²) in [7, 11) is 0. The van der Waals surface area contributed by atoms with Crippen LogP contribution < -0.4 is 5.32 Å². The average molecular weight is 211 g/mol. The number of carboxylic acid groups (broad SMARTS) is 1. The first-order valence-corrected chi connectivity index (χ1v) is 5.85. The van der Waals surface area contributed by atoms with E-state index in [2.05, 4.69) is 12.2 Å². The molecule has 0 aromatic heterocycles. The van der Waals surface area contributed by atoms with E-state index < -0.39 is 5.97 Å². The van der Waals surface area contributed by atoms with Gasteiger partial charge in [-0.1, -0.05) is 26.2 Å². The van der Waals surface area contributed by atoms with Crippen molar-refractivity contribution in [1.82, 2.24) is 5.32 Å². The number of rotatable bonds is 5. The standard InChI is InChI=1S/C12H21NO2/c1-2-10-3-5-11(6-4-10)9-13-8-7-12(14)15/h7-8,10-11,13H,2-6,9H2,1H3,(H,14,15)/b8-7+. The van der Waals surface area contributed by atoms with Crippen LogP contribution in [0.15, 0.2) is 12.3 Å². The van der Waals surface area contributed by atoms with Crippen molar-refractivity contribution in [2.45, 2.75) is 39.0 Å². The number of carboxylic acids is 1. The number of nitrogens with one attached hydrogen (secondary N) is 1. The van der Waals surface area contributed by atoms with Gasteiger partial charge in [0.15, 0.2) is 0 Å². The second kappa shape index (κ2) is 6.49. The molecule has 1 aliphatic carbocycles. The van der Waals surface area contributed by atoms with Crippen LogP contribution in [0.1, 0.15) is 39.0 Å². The molecule has 0 radical (unpaired) electrons. The molecule has 3 heteroatoms. The molecule has 0 amide bonds. The van der Waals surface area contributed by atoms with Gasteiger partial charge < -0.3 is 10.4 Å². The van der Waals surface area contributed by atoms with Gasteiger partial charge in [0.1, 0.15) is 0 Å². The van der Waals surface area contributed by atoms with E-state index in [1.807, 2.05) is 0 Å². The predicted molar refractivity (Wildman–Crippen MR) is 60.5 cm³/mol. The van der Waals surface area contributed by atoms with Crippen molar-refractivity contribution in [2.75, 3.05) is 6.54 Å². The summed E-state index contributed by atoms with van der Waals surface area (Å²) in [5.41, 5.74) is 0. The van der Waals surface area contributed by atoms with Crippen molar-refractivity contribution < 1.29 is 9.90 Å². The maximum atomic E-state index is 10.2. The summed E-state index contributed by atoms with van der Waals surface area (Å²) < 4.78 is 0. The number of hydrogen-bond acceptors (Lipinski definition) is 2. The fourth-order valence-corrected chi connectivity index (χ4v) is 2.21. The minimum Gasteiger partial charge on any atom is -0.478 e. The maximum absolute atomic E-state index is 10.2. The first-order chi connectivity index (χ1) is 7.22. The Morgan fingerprint density at radius 3 is 2.47 bits per heavy atom. The average Bonchev–Trinajstić information content (AvgIpc) is 2.25. The fourth-order valence-electron chi connectivity index (χ4n) is 2.21. The van der Waals surface area contributed by atoms with E-state index in [1.165, 1.54) is 38.3 Å². The van der Waals surface area contributed by atoms with Crippen LogP contribution in [0, 0.1) is 11.8 Å². The van der Waals surface area contributed by atoms with Crippen LogP contribution in [0.2, 0.25) is 0 Å². The third-order valence-electron chi connectivity index (χ3n) is 3.29. The Labute approximate surface area is 91.6 Å². The molecule has 0 aromatic rings. The Bertz CT molecular complexity index is 218. The lowest BCUT2D eigenvalue weighted by Gasteiger charge is -2.27. The third kappa shape index (κ3) is 4.86. The van der Waals surface area contributed by atoms with Gasteiger partial charge in [-0.25, -0.2) is 4.79 Å². The lowest BCUT2D eigenvalue weighted by Crippen LogP contribution is -2.23. The quantitative estimate of drug-likeness (QED) is 0.686. The molecule has 2 N–H and O–H groups in total. The van der Waals surface area contributed by atoms with E-state index in [1.54, 1.807) is 0 Å². The number of aliphatic carboxylic acids is 1. The van der Waals surface area contributed by atoms with Gasteiger partial charge in [-0.15, -0.1) is 0 Å². The van der Waals surface area contributed by atoms with Gasteiger partial charge in [-0.05, 0) is 24.7 Å². The lowest BCUT2D eigenvalue weighted by molar-refractivity contribution is -0.131. The minimum atomic E-state index is -0.891. The summed E-state index contributed by atoms with van der Waals surface area (Å²) in [4.78, 5) is 10.2. The van der Waals surface area contributed by atoms with E-state index in [4.69, 9.17) is 5.11 Å². The summed E-state index contributed by atoms with van der Waals surface area (Å²) in [5.74, 6) is 0.763. The number of carbonyl (C=O) groups is 1. The highest BCUT2D eigenvalue weighted by Gasteiger charge is 2.18. The van der Waals surface area contributed by atoms with Gasteiger partial charge in [0.05, 0.1) is 0 Å². The van der Waals surface area contributed by atoms with E-state index in [0.29, 0.717) is 0 Å². The molecule has 0 spiro atoms. The zero-order valence-electron chi connectivity index (χ0n) is 9.41. The Morgan fingerprint density at radius 1 is 1.33 bits per heavy atom. The molecule has 0 atom stereocenters. The molecule has 86 valence electrons. The van der Waals surface area contributed by atoms with Crippen LogP contribution in [0.4, 0.5) is 0 Å². The molecule has 1 rings (SSSR count). The summed E-state index contributed by atoms with van der Waals surface area (Å²) in [6.07, 6.45) is 9.24. The highest BCUT2D eigenvalue weighted by atomic mass is 16.4. The Morgan fingerprint density at radius 2 is 1.93 bits per heavy atom. The van der Waals surface area contributed by atoms with Gasteiger partial charge in [-0.3, -0.25) is 0 Å². The van der Waals surface area contributed by atoms with Crippen molar-refractivity contribution in [3.63, 3.8) is 0 Å². The molecule has 0 heterocycles. The zero-order valence-corrected chi connectivity index (χ0v) is 9.41. The lowest BCUT2D eigenvalue weighted by atomic mass is 9.81. The van der Waals surface area contributed by atoms with Crippen molar-refractivity contribution in [1.29, 1.82) is 0 Å². The van der Waals surface area contributed by atoms with Crippen molar-refractivity contribution in [3.8, 4) is 0 Å². The topological polar surface area (TPSA) is 49.3 Å². The summed E-state index contributed by atoms with van der Waals surface area (Å²) >= 11 is 0. The van der Waals surface area contributed by atoms with Gasteiger partial charge in [0.2, 0.25) is 0 Å². The normalized spacial score (nSPS) is 26.7. The zero-order chi connectivity index (χ0) is 11.1. The van der Waals surface area contributed by atoms with Crippen LogP contribution >= 0.6 is 0 Å². The molecule has 0 saturated heterocycles. The molecular weight excluding hydrogens is 190 g/mol. The molecule has 1 aliphatic rings. The summed E-state index contributed by atoms with van der Waals surface area (Å²) in [6.45, 7) is 3.18. The third-order valence-corrected chi connectivity index (χ3v) is 3.29. The van der Waals surface area contributed by atoms with Crippen molar-refractivity contribution >= 4 is 5.97 Å². The van der Waals surface area contributed by atoms with E-state index >= 15 is 0 Å².